The molecule has 0 bridgehead atoms. The van der Waals surface area contributed by atoms with E-state index in [1.54, 1.807) is 0 Å². The first-order chi connectivity index (χ1) is 8.66. The molecule has 2 atom stereocenters. The van der Waals surface area contributed by atoms with Crippen molar-refractivity contribution in [1.29, 1.82) is 0 Å². The fourth-order valence-corrected chi connectivity index (χ4v) is 2.89. The minimum absolute atomic E-state index is 0.0406. The quantitative estimate of drug-likeness (QED) is 0.836. The van der Waals surface area contributed by atoms with Crippen molar-refractivity contribution in [3.05, 3.63) is 35.9 Å². The Bertz CT molecular complexity index is 401. The summed E-state index contributed by atoms with van der Waals surface area (Å²) in [5.41, 5.74) is 0.0341. The number of aliphatic hydroxyl groups is 1. The van der Waals surface area contributed by atoms with Gasteiger partial charge in [-0.1, -0.05) is 43.2 Å². The lowest BCUT2D eigenvalue weighted by molar-refractivity contribution is -0.146. The van der Waals surface area contributed by atoms with Gasteiger partial charge in [0.1, 0.15) is 0 Å². The molecule has 1 aromatic rings. The fraction of sp³-hybridized carbons (Fsp3) is 0.533. The van der Waals surface area contributed by atoms with Crippen molar-refractivity contribution in [2.45, 2.75) is 37.7 Å². The summed E-state index contributed by atoms with van der Waals surface area (Å²) in [4.78, 5) is 11.5. The largest absolute Gasteiger partial charge is 0.469 e. The lowest BCUT2D eigenvalue weighted by atomic mass is 9.70. The van der Waals surface area contributed by atoms with E-state index in [4.69, 9.17) is 4.74 Å². The normalized spacial score (nSPS) is 27.8. The van der Waals surface area contributed by atoms with Crippen molar-refractivity contribution in [3.63, 3.8) is 0 Å². The van der Waals surface area contributed by atoms with Gasteiger partial charge < -0.3 is 9.84 Å². The number of benzene rings is 1. The van der Waals surface area contributed by atoms with Crippen molar-refractivity contribution in [1.82, 2.24) is 0 Å². The summed E-state index contributed by atoms with van der Waals surface area (Å²) < 4.78 is 4.73. The fourth-order valence-electron chi connectivity index (χ4n) is 2.89. The van der Waals surface area contributed by atoms with Crippen molar-refractivity contribution < 1.29 is 14.6 Å². The van der Waals surface area contributed by atoms with Crippen LogP contribution in [0.4, 0.5) is 0 Å². The maximum absolute atomic E-state index is 11.5. The molecule has 0 heterocycles. The molecule has 0 saturated heterocycles. The van der Waals surface area contributed by atoms with Crippen LogP contribution in [0.3, 0.4) is 0 Å². The van der Waals surface area contributed by atoms with Crippen LogP contribution in [0.15, 0.2) is 30.3 Å². The van der Waals surface area contributed by atoms with Crippen LogP contribution >= 0.6 is 0 Å². The van der Waals surface area contributed by atoms with Gasteiger partial charge in [-0.3, -0.25) is 4.79 Å². The monoisotopic (exact) mass is 248 g/mol. The van der Waals surface area contributed by atoms with E-state index in [0.29, 0.717) is 6.42 Å². The number of hydrogen-bond acceptors (Lipinski definition) is 3. The Morgan fingerprint density at radius 1 is 1.39 bits per heavy atom. The number of ether oxygens (including phenoxy) is 1. The van der Waals surface area contributed by atoms with E-state index in [9.17, 15) is 9.90 Å². The molecular formula is C15H20O3. The third kappa shape index (κ3) is 2.56. The van der Waals surface area contributed by atoms with Crippen LogP contribution in [0.1, 0.15) is 37.7 Å². The van der Waals surface area contributed by atoms with Crippen LogP contribution in [-0.4, -0.2) is 18.2 Å². The third-order valence-electron chi connectivity index (χ3n) is 3.95. The van der Waals surface area contributed by atoms with Gasteiger partial charge in [0, 0.05) is 5.92 Å². The molecule has 1 fully saturated rings. The van der Waals surface area contributed by atoms with E-state index in [1.165, 1.54) is 7.11 Å². The molecule has 1 aliphatic carbocycles. The Balaban J connectivity index is 2.23. The molecule has 1 N–H and O–H groups in total. The summed E-state index contributed by atoms with van der Waals surface area (Å²) in [7, 11) is 1.40. The molecule has 18 heavy (non-hydrogen) atoms. The molecule has 0 spiro atoms. The number of methoxy groups -OCH3 is 1. The van der Waals surface area contributed by atoms with Gasteiger partial charge in [0.25, 0.3) is 0 Å². The first-order valence-corrected chi connectivity index (χ1v) is 6.51. The molecule has 0 amide bonds. The maximum Gasteiger partial charge on any atom is 0.305 e. The summed E-state index contributed by atoms with van der Waals surface area (Å²) in [6, 6.07) is 9.67. The Hall–Kier alpha value is -1.35. The molecule has 2 unspecified atom stereocenters. The summed E-state index contributed by atoms with van der Waals surface area (Å²) in [6.45, 7) is 0. The maximum atomic E-state index is 11.5. The Morgan fingerprint density at radius 2 is 2.11 bits per heavy atom. The lowest BCUT2D eigenvalue weighted by Gasteiger charge is -2.40. The van der Waals surface area contributed by atoms with Crippen molar-refractivity contribution in [2.24, 2.45) is 5.92 Å². The van der Waals surface area contributed by atoms with Gasteiger partial charge in [-0.2, -0.15) is 0 Å². The van der Waals surface area contributed by atoms with E-state index in [0.717, 1.165) is 31.2 Å². The highest BCUT2D eigenvalue weighted by Gasteiger charge is 2.41. The lowest BCUT2D eigenvalue weighted by Crippen LogP contribution is -2.39. The average molecular weight is 248 g/mol. The summed E-state index contributed by atoms with van der Waals surface area (Å²) >= 11 is 0. The molecular weight excluding hydrogens is 228 g/mol. The number of rotatable bonds is 3. The highest BCUT2D eigenvalue weighted by atomic mass is 16.5. The van der Waals surface area contributed by atoms with Crippen LogP contribution in [0.5, 0.6) is 0 Å². The van der Waals surface area contributed by atoms with E-state index in [-0.39, 0.29) is 11.9 Å². The number of esters is 1. The molecule has 3 heteroatoms. The van der Waals surface area contributed by atoms with Crippen LogP contribution in [0, 0.1) is 5.92 Å². The van der Waals surface area contributed by atoms with Gasteiger partial charge in [-0.15, -0.1) is 0 Å². The Kier molecular flexibility index (Phi) is 4.02. The zero-order valence-corrected chi connectivity index (χ0v) is 10.8. The van der Waals surface area contributed by atoms with Crippen LogP contribution < -0.4 is 0 Å². The third-order valence-corrected chi connectivity index (χ3v) is 3.95. The van der Waals surface area contributed by atoms with E-state index < -0.39 is 5.60 Å². The standard InChI is InChI=1S/C15H20O3/c1-18-14(16)11-13-9-5-6-10-15(13,17)12-7-3-2-4-8-12/h2-4,7-8,13,17H,5-6,9-11H2,1H3. The molecule has 0 aromatic heterocycles. The zero-order chi connectivity index (χ0) is 13.0. The van der Waals surface area contributed by atoms with E-state index in [1.807, 2.05) is 30.3 Å². The number of hydrogen-bond donors (Lipinski definition) is 1. The minimum Gasteiger partial charge on any atom is -0.469 e. The molecule has 0 radical (unpaired) electrons. The Labute approximate surface area is 108 Å². The molecule has 98 valence electrons. The predicted octanol–water partition coefficient (Wildman–Crippen LogP) is 2.63. The highest BCUT2D eigenvalue weighted by Crippen LogP contribution is 2.43. The van der Waals surface area contributed by atoms with Gasteiger partial charge in [0.15, 0.2) is 0 Å². The number of carbonyl (C=O) groups excluding carboxylic acids is 1. The zero-order valence-electron chi connectivity index (χ0n) is 10.8. The average Bonchev–Trinajstić information content (AvgIpc) is 2.42. The van der Waals surface area contributed by atoms with Crippen LogP contribution in [0.25, 0.3) is 0 Å². The van der Waals surface area contributed by atoms with Crippen LogP contribution in [0.2, 0.25) is 0 Å². The summed E-state index contributed by atoms with van der Waals surface area (Å²) in [5.74, 6) is -0.280. The second-order valence-corrected chi connectivity index (χ2v) is 5.01. The topological polar surface area (TPSA) is 46.5 Å². The first kappa shape index (κ1) is 13.1. The van der Waals surface area contributed by atoms with Gasteiger partial charge >= 0.3 is 5.97 Å². The molecule has 1 saturated carbocycles. The molecule has 2 rings (SSSR count). The van der Waals surface area contributed by atoms with Crippen molar-refractivity contribution >= 4 is 5.97 Å². The van der Waals surface area contributed by atoms with E-state index in [2.05, 4.69) is 0 Å². The van der Waals surface area contributed by atoms with Gasteiger partial charge in [0.2, 0.25) is 0 Å². The SMILES string of the molecule is COC(=O)CC1CCCCC1(O)c1ccccc1. The Morgan fingerprint density at radius 3 is 2.78 bits per heavy atom. The second-order valence-electron chi connectivity index (χ2n) is 5.01. The molecule has 3 nitrogen and oxygen atoms in total. The van der Waals surface area contributed by atoms with Crippen molar-refractivity contribution in [3.8, 4) is 0 Å². The predicted molar refractivity (Wildman–Crippen MR) is 68.9 cm³/mol. The van der Waals surface area contributed by atoms with Gasteiger partial charge in [-0.05, 0) is 18.4 Å². The van der Waals surface area contributed by atoms with Crippen molar-refractivity contribution in [2.75, 3.05) is 7.11 Å². The molecule has 0 aliphatic heterocycles. The van der Waals surface area contributed by atoms with Gasteiger partial charge in [0.05, 0.1) is 19.1 Å². The summed E-state index contributed by atoms with van der Waals surface area (Å²) in [6.07, 6.45) is 3.96. The van der Waals surface area contributed by atoms with Gasteiger partial charge in [-0.25, -0.2) is 0 Å². The number of carbonyl (C=O) groups is 1. The highest BCUT2D eigenvalue weighted by molar-refractivity contribution is 5.69. The minimum atomic E-state index is -0.881. The molecule has 1 aromatic carbocycles. The van der Waals surface area contributed by atoms with E-state index >= 15 is 0 Å². The molecule has 1 aliphatic rings. The second kappa shape index (κ2) is 5.53. The smallest absolute Gasteiger partial charge is 0.305 e. The summed E-state index contributed by atoms with van der Waals surface area (Å²) in [5, 5.41) is 10.9. The van der Waals surface area contributed by atoms with Crippen LogP contribution in [-0.2, 0) is 15.1 Å². The first-order valence-electron chi connectivity index (χ1n) is 6.51.